The van der Waals surface area contributed by atoms with E-state index < -0.39 is 17.8 Å². The summed E-state index contributed by atoms with van der Waals surface area (Å²) in [7, 11) is 3.13. The summed E-state index contributed by atoms with van der Waals surface area (Å²) in [6, 6.07) is 14.9. The second-order valence-corrected chi connectivity index (χ2v) is 10.7. The summed E-state index contributed by atoms with van der Waals surface area (Å²) in [5.41, 5.74) is 1.54. The summed E-state index contributed by atoms with van der Waals surface area (Å²) in [4.78, 5) is 32.1. The molecule has 0 bridgehead atoms. The van der Waals surface area contributed by atoms with Crippen LogP contribution in [0.3, 0.4) is 0 Å². The van der Waals surface area contributed by atoms with Crippen LogP contribution in [0, 0.1) is 5.82 Å². The van der Waals surface area contributed by atoms with Crippen molar-refractivity contribution < 1.29 is 28.2 Å². The molecule has 0 aliphatic carbocycles. The number of nitrogens with zero attached hydrogens (tertiary/aromatic N) is 4. The Morgan fingerprint density at radius 1 is 1.07 bits per heavy atom. The largest absolute Gasteiger partial charge is 0.493 e. The smallest absolute Gasteiger partial charge is 0.262 e. The lowest BCUT2D eigenvalue weighted by Crippen LogP contribution is -2.46. The van der Waals surface area contributed by atoms with Gasteiger partial charge >= 0.3 is 0 Å². The van der Waals surface area contributed by atoms with Crippen molar-refractivity contribution in [1.29, 1.82) is 0 Å². The summed E-state index contributed by atoms with van der Waals surface area (Å²) >= 11 is 1.55. The molecule has 0 spiro atoms. The van der Waals surface area contributed by atoms with Gasteiger partial charge < -0.3 is 19.1 Å². The van der Waals surface area contributed by atoms with Gasteiger partial charge in [-0.2, -0.15) is 5.10 Å². The van der Waals surface area contributed by atoms with Crippen molar-refractivity contribution in [1.82, 2.24) is 14.8 Å². The van der Waals surface area contributed by atoms with Crippen LogP contribution < -0.4 is 9.47 Å². The molecule has 0 radical (unpaired) electrons. The van der Waals surface area contributed by atoms with Crippen LogP contribution in [-0.4, -0.2) is 92.5 Å². The summed E-state index contributed by atoms with van der Waals surface area (Å²) in [5.74, 6) is -0.388. The van der Waals surface area contributed by atoms with Gasteiger partial charge in [-0.15, -0.1) is 11.3 Å². The van der Waals surface area contributed by atoms with Gasteiger partial charge in [0.25, 0.3) is 11.8 Å². The third-order valence-electron chi connectivity index (χ3n) is 7.27. The number of benzene rings is 2. The van der Waals surface area contributed by atoms with Gasteiger partial charge in [-0.1, -0.05) is 24.3 Å². The Morgan fingerprint density at radius 3 is 2.56 bits per heavy atom. The summed E-state index contributed by atoms with van der Waals surface area (Å²) < 4.78 is 31.0. The van der Waals surface area contributed by atoms with E-state index in [9.17, 15) is 14.0 Å². The number of morpholine rings is 1. The summed E-state index contributed by atoms with van der Waals surface area (Å²) in [6.45, 7) is 3.25. The van der Waals surface area contributed by atoms with Gasteiger partial charge in [-0.05, 0) is 41.3 Å². The predicted molar refractivity (Wildman–Crippen MR) is 154 cm³/mol. The molecule has 1 saturated heterocycles. The molecule has 0 N–H and O–H groups in total. The van der Waals surface area contributed by atoms with Crippen LogP contribution in [0.15, 0.2) is 65.1 Å². The first kappa shape index (κ1) is 28.7. The van der Waals surface area contributed by atoms with Crippen LogP contribution in [0.5, 0.6) is 11.5 Å². The number of hydrazone groups is 1. The molecule has 0 saturated carbocycles. The van der Waals surface area contributed by atoms with E-state index in [1.54, 1.807) is 37.7 Å². The maximum Gasteiger partial charge on any atom is 0.262 e. The number of carbonyl (C=O) groups excluding carboxylic acids is 2. The van der Waals surface area contributed by atoms with E-state index in [2.05, 4.69) is 4.90 Å². The summed E-state index contributed by atoms with van der Waals surface area (Å²) in [5, 5.41) is 8.16. The lowest BCUT2D eigenvalue weighted by atomic mass is 10.0. The lowest BCUT2D eigenvalue weighted by Gasteiger charge is -2.31. The molecule has 1 atom stereocenters. The number of carbonyl (C=O) groups is 2. The fraction of sp³-hybridized carbons (Fsp3) is 0.367. The molecule has 216 valence electrons. The van der Waals surface area contributed by atoms with Crippen LogP contribution in [0.4, 0.5) is 4.39 Å². The highest BCUT2D eigenvalue weighted by Gasteiger charge is 2.35. The van der Waals surface area contributed by atoms with E-state index >= 15 is 0 Å². The lowest BCUT2D eigenvalue weighted by molar-refractivity contribution is -0.133. The first-order valence-corrected chi connectivity index (χ1v) is 14.4. The van der Waals surface area contributed by atoms with Crippen molar-refractivity contribution in [3.63, 3.8) is 0 Å². The van der Waals surface area contributed by atoms with Gasteiger partial charge in [0.05, 0.1) is 49.6 Å². The molecule has 1 aromatic heterocycles. The molecule has 2 aliphatic heterocycles. The summed E-state index contributed by atoms with van der Waals surface area (Å²) in [6.07, 6.45) is 0.497. The number of ether oxygens (including phenoxy) is 3. The van der Waals surface area contributed by atoms with Gasteiger partial charge in [0.15, 0.2) is 11.5 Å². The van der Waals surface area contributed by atoms with Crippen LogP contribution >= 0.6 is 11.3 Å². The minimum Gasteiger partial charge on any atom is -0.493 e. The van der Waals surface area contributed by atoms with E-state index in [0.29, 0.717) is 37.7 Å². The highest BCUT2D eigenvalue weighted by molar-refractivity contribution is 7.12. The number of rotatable bonds is 10. The molecule has 41 heavy (non-hydrogen) atoms. The third kappa shape index (κ3) is 6.58. The van der Waals surface area contributed by atoms with Crippen LogP contribution in [0.2, 0.25) is 0 Å². The Bertz CT molecular complexity index is 1390. The van der Waals surface area contributed by atoms with Crippen LogP contribution in [0.1, 0.15) is 33.3 Å². The molecule has 0 unspecified atom stereocenters. The van der Waals surface area contributed by atoms with E-state index in [-0.39, 0.29) is 24.6 Å². The molecule has 1 fully saturated rings. The Morgan fingerprint density at radius 2 is 1.85 bits per heavy atom. The number of hydrogen-bond acceptors (Lipinski definition) is 8. The maximum absolute atomic E-state index is 14.6. The van der Waals surface area contributed by atoms with Crippen molar-refractivity contribution in [2.45, 2.75) is 12.5 Å². The molecule has 2 amide bonds. The Balaban J connectivity index is 1.43. The minimum absolute atomic E-state index is 0.0667. The van der Waals surface area contributed by atoms with E-state index in [1.807, 2.05) is 29.6 Å². The predicted octanol–water partition coefficient (Wildman–Crippen LogP) is 4.06. The highest BCUT2D eigenvalue weighted by Crippen LogP contribution is 2.38. The maximum atomic E-state index is 14.6. The topological polar surface area (TPSA) is 83.9 Å². The highest BCUT2D eigenvalue weighted by atomic mass is 32.1. The number of methoxy groups -OCH3 is 2. The number of hydrogen-bond donors (Lipinski definition) is 0. The minimum atomic E-state index is -0.622. The van der Waals surface area contributed by atoms with E-state index in [0.717, 1.165) is 29.2 Å². The Kier molecular flexibility index (Phi) is 9.28. The third-order valence-corrected chi connectivity index (χ3v) is 8.19. The Labute approximate surface area is 242 Å². The average Bonchev–Trinajstić information content (AvgIpc) is 3.70. The molecule has 11 heteroatoms. The fourth-order valence-corrected chi connectivity index (χ4v) is 5.75. The second kappa shape index (κ2) is 13.2. The normalized spacial score (nSPS) is 17.3. The molecule has 5 rings (SSSR count). The van der Waals surface area contributed by atoms with Gasteiger partial charge in [0, 0.05) is 32.6 Å². The van der Waals surface area contributed by atoms with Crippen molar-refractivity contribution in [2.24, 2.45) is 5.10 Å². The quantitative estimate of drug-likeness (QED) is 0.360. The standard InChI is InChI=1S/C30H33FN4O5S/c1-38-26-10-9-21(18-27(26)39-2)25-19-24(28-8-5-17-41-28)32-35(25)29(36)20-34(12-11-33-13-15-40-16-14-33)30(37)22-6-3-4-7-23(22)31/h3-10,17-18,25H,11-16,19-20H2,1-2H3/t25-/m1/s1. The van der Waals surface area contributed by atoms with Crippen molar-refractivity contribution in [2.75, 3.05) is 60.2 Å². The molecule has 2 aliphatic rings. The van der Waals surface area contributed by atoms with Crippen LogP contribution in [0.25, 0.3) is 0 Å². The number of thiophene rings is 1. The van der Waals surface area contributed by atoms with Gasteiger partial charge in [-0.3, -0.25) is 14.5 Å². The fourth-order valence-electron chi connectivity index (χ4n) is 5.03. The van der Waals surface area contributed by atoms with Gasteiger partial charge in [-0.25, -0.2) is 9.40 Å². The molecule has 9 nitrogen and oxygen atoms in total. The SMILES string of the molecule is COc1ccc([C@H]2CC(c3cccs3)=NN2C(=O)CN(CCN2CCOCC2)C(=O)c2ccccc2F)cc1OC. The Hall–Kier alpha value is -3.80. The van der Waals surface area contributed by atoms with Crippen molar-refractivity contribution in [3.8, 4) is 11.5 Å². The van der Waals surface area contributed by atoms with Crippen LogP contribution in [-0.2, 0) is 9.53 Å². The monoisotopic (exact) mass is 580 g/mol. The van der Waals surface area contributed by atoms with Crippen molar-refractivity contribution >= 4 is 28.9 Å². The number of halogens is 1. The molecule has 2 aromatic carbocycles. The molecule has 3 heterocycles. The van der Waals surface area contributed by atoms with Gasteiger partial charge in [0.1, 0.15) is 12.4 Å². The van der Waals surface area contributed by atoms with E-state index in [1.165, 1.54) is 28.1 Å². The zero-order valence-electron chi connectivity index (χ0n) is 23.1. The zero-order valence-corrected chi connectivity index (χ0v) is 23.9. The molecular formula is C30H33FN4O5S. The number of amides is 2. The zero-order chi connectivity index (χ0) is 28.8. The van der Waals surface area contributed by atoms with Gasteiger partial charge in [0.2, 0.25) is 0 Å². The first-order valence-electron chi connectivity index (χ1n) is 13.5. The average molecular weight is 581 g/mol. The molecular weight excluding hydrogens is 547 g/mol. The molecule has 3 aromatic rings. The van der Waals surface area contributed by atoms with Crippen molar-refractivity contribution in [3.05, 3.63) is 81.8 Å². The first-order chi connectivity index (χ1) is 20.0. The van der Waals surface area contributed by atoms with E-state index in [4.69, 9.17) is 19.3 Å². The second-order valence-electron chi connectivity index (χ2n) is 9.76.